The molecule has 0 aromatic carbocycles. The third-order valence-corrected chi connectivity index (χ3v) is 4.07. The molecule has 4 heteroatoms. The van der Waals surface area contributed by atoms with Crippen molar-refractivity contribution in [2.45, 2.75) is 51.9 Å². The van der Waals surface area contributed by atoms with Crippen LogP contribution in [0.5, 0.6) is 0 Å². The van der Waals surface area contributed by atoms with Crippen molar-refractivity contribution in [1.82, 2.24) is 4.37 Å². The summed E-state index contributed by atoms with van der Waals surface area (Å²) in [6.07, 6.45) is 6.43. The van der Waals surface area contributed by atoms with Gasteiger partial charge in [0.25, 0.3) is 0 Å². The zero-order valence-electron chi connectivity index (χ0n) is 10.8. The van der Waals surface area contributed by atoms with Gasteiger partial charge in [-0.2, -0.15) is 4.37 Å². The minimum Gasteiger partial charge on any atom is -0.383 e. The molecular weight excluding hydrogens is 230 g/mol. The van der Waals surface area contributed by atoms with Gasteiger partial charge in [0.15, 0.2) is 0 Å². The van der Waals surface area contributed by atoms with E-state index in [0.717, 1.165) is 18.3 Å². The summed E-state index contributed by atoms with van der Waals surface area (Å²) in [6.45, 7) is 5.61. The fourth-order valence-electron chi connectivity index (χ4n) is 2.08. The number of aromatic nitrogens is 1. The van der Waals surface area contributed by atoms with E-state index in [4.69, 9.17) is 5.73 Å². The molecule has 0 spiro atoms. The highest BCUT2D eigenvalue weighted by Crippen LogP contribution is 2.47. The van der Waals surface area contributed by atoms with E-state index in [9.17, 15) is 0 Å². The number of anilines is 2. The van der Waals surface area contributed by atoms with Crippen LogP contribution in [0.1, 0.15) is 57.4 Å². The Morgan fingerprint density at radius 2 is 2.18 bits per heavy atom. The first kappa shape index (κ1) is 12.7. The molecule has 17 heavy (non-hydrogen) atoms. The summed E-state index contributed by atoms with van der Waals surface area (Å²) in [5.41, 5.74) is 7.20. The predicted molar refractivity (Wildman–Crippen MR) is 75.7 cm³/mol. The number of nitrogens with two attached hydrogens (primary N) is 1. The zero-order valence-corrected chi connectivity index (χ0v) is 11.6. The second-order valence-corrected chi connectivity index (χ2v) is 6.17. The monoisotopic (exact) mass is 253 g/mol. The van der Waals surface area contributed by atoms with E-state index in [0.29, 0.717) is 5.92 Å². The quantitative estimate of drug-likeness (QED) is 0.726. The van der Waals surface area contributed by atoms with Gasteiger partial charge in [-0.05, 0) is 42.6 Å². The van der Waals surface area contributed by atoms with E-state index in [-0.39, 0.29) is 0 Å². The van der Waals surface area contributed by atoms with Crippen LogP contribution in [0.2, 0.25) is 0 Å². The highest BCUT2D eigenvalue weighted by atomic mass is 32.1. The van der Waals surface area contributed by atoms with Gasteiger partial charge < -0.3 is 11.1 Å². The molecule has 0 saturated heterocycles. The van der Waals surface area contributed by atoms with Crippen molar-refractivity contribution in [2.75, 3.05) is 17.6 Å². The first-order valence-electron chi connectivity index (χ1n) is 6.67. The zero-order chi connectivity index (χ0) is 12.3. The Morgan fingerprint density at radius 3 is 2.82 bits per heavy atom. The fourth-order valence-corrected chi connectivity index (χ4v) is 2.91. The third kappa shape index (κ3) is 3.60. The largest absolute Gasteiger partial charge is 0.383 e. The Labute approximate surface area is 108 Å². The highest BCUT2D eigenvalue weighted by molar-refractivity contribution is 7.10. The van der Waals surface area contributed by atoms with E-state index in [2.05, 4.69) is 23.5 Å². The van der Waals surface area contributed by atoms with E-state index in [1.807, 2.05) is 0 Å². The molecule has 0 aliphatic heterocycles. The smallest absolute Gasteiger partial charge is 0.142 e. The summed E-state index contributed by atoms with van der Waals surface area (Å²) >= 11 is 1.52. The Hall–Kier alpha value is -0.770. The topological polar surface area (TPSA) is 50.9 Å². The molecule has 0 radical (unpaired) electrons. The molecule has 0 amide bonds. The van der Waals surface area contributed by atoms with Gasteiger partial charge in [0, 0.05) is 12.1 Å². The maximum atomic E-state index is 5.91. The van der Waals surface area contributed by atoms with Crippen LogP contribution in [-0.2, 0) is 0 Å². The first-order valence-corrected chi connectivity index (χ1v) is 7.44. The molecule has 0 unspecified atom stereocenters. The van der Waals surface area contributed by atoms with Crippen molar-refractivity contribution in [2.24, 2.45) is 5.92 Å². The van der Waals surface area contributed by atoms with Crippen molar-refractivity contribution >= 4 is 22.4 Å². The molecule has 96 valence electrons. The van der Waals surface area contributed by atoms with Crippen molar-refractivity contribution < 1.29 is 0 Å². The minimum atomic E-state index is 0.687. The van der Waals surface area contributed by atoms with Gasteiger partial charge in [0.1, 0.15) is 10.8 Å². The minimum absolute atomic E-state index is 0.687. The molecule has 2 rings (SSSR count). The maximum Gasteiger partial charge on any atom is 0.142 e. The van der Waals surface area contributed by atoms with E-state index < -0.39 is 0 Å². The fraction of sp³-hybridized carbons (Fsp3) is 0.769. The Bertz CT molecular complexity index is 356. The summed E-state index contributed by atoms with van der Waals surface area (Å²) in [5, 5.41) is 4.72. The number of nitrogen functional groups attached to an aromatic ring is 1. The summed E-state index contributed by atoms with van der Waals surface area (Å²) < 4.78 is 4.26. The molecule has 1 heterocycles. The summed E-state index contributed by atoms with van der Waals surface area (Å²) in [4.78, 5) is 0. The van der Waals surface area contributed by atoms with E-state index >= 15 is 0 Å². The molecule has 0 atom stereocenters. The number of nitrogens with one attached hydrogen (secondary N) is 1. The molecule has 1 fully saturated rings. The summed E-state index contributed by atoms with van der Waals surface area (Å²) in [5.74, 6) is 2.25. The van der Waals surface area contributed by atoms with Crippen LogP contribution in [-0.4, -0.2) is 10.9 Å². The lowest BCUT2D eigenvalue weighted by molar-refractivity contribution is 0.545. The molecule has 3 nitrogen and oxygen atoms in total. The van der Waals surface area contributed by atoms with E-state index in [1.165, 1.54) is 54.2 Å². The van der Waals surface area contributed by atoms with Crippen LogP contribution in [0.15, 0.2) is 0 Å². The molecule has 1 aliphatic rings. The van der Waals surface area contributed by atoms with Crippen LogP contribution >= 0.6 is 11.5 Å². The average molecular weight is 253 g/mol. The van der Waals surface area contributed by atoms with Crippen molar-refractivity contribution in [3.8, 4) is 0 Å². The van der Waals surface area contributed by atoms with Crippen LogP contribution in [0.25, 0.3) is 0 Å². The Kier molecular flexibility index (Phi) is 4.26. The molecule has 1 aliphatic carbocycles. The standard InChI is InChI=1S/C13H23N3S/c1-9(2)5-3-4-8-15-13-11(10-6-7-10)12(14)16-17-13/h9-10,15H,3-8H2,1-2H3,(H2,14,16). The normalized spacial score (nSPS) is 15.5. The van der Waals surface area contributed by atoms with Crippen LogP contribution < -0.4 is 11.1 Å². The number of hydrogen-bond donors (Lipinski definition) is 2. The average Bonchev–Trinajstić information content (AvgIpc) is 3.03. The number of unbranched alkanes of at least 4 members (excludes halogenated alkanes) is 1. The van der Waals surface area contributed by atoms with Gasteiger partial charge in [-0.25, -0.2) is 0 Å². The lowest BCUT2D eigenvalue weighted by Crippen LogP contribution is -2.03. The Morgan fingerprint density at radius 1 is 1.41 bits per heavy atom. The van der Waals surface area contributed by atoms with Gasteiger partial charge in [-0.15, -0.1) is 0 Å². The van der Waals surface area contributed by atoms with Gasteiger partial charge in [-0.1, -0.05) is 26.7 Å². The highest BCUT2D eigenvalue weighted by Gasteiger charge is 2.30. The van der Waals surface area contributed by atoms with Crippen molar-refractivity contribution in [3.63, 3.8) is 0 Å². The number of hydrogen-bond acceptors (Lipinski definition) is 4. The lowest BCUT2D eigenvalue weighted by Gasteiger charge is -2.07. The van der Waals surface area contributed by atoms with Crippen LogP contribution in [0, 0.1) is 5.92 Å². The molecule has 1 saturated carbocycles. The third-order valence-electron chi connectivity index (χ3n) is 3.24. The molecule has 0 bridgehead atoms. The second kappa shape index (κ2) is 5.71. The van der Waals surface area contributed by atoms with Gasteiger partial charge in [0.2, 0.25) is 0 Å². The molecule has 3 N–H and O–H groups in total. The first-order chi connectivity index (χ1) is 8.18. The Balaban J connectivity index is 1.75. The van der Waals surface area contributed by atoms with Gasteiger partial charge >= 0.3 is 0 Å². The van der Waals surface area contributed by atoms with Crippen LogP contribution in [0.4, 0.5) is 10.8 Å². The maximum absolute atomic E-state index is 5.91. The summed E-state index contributed by atoms with van der Waals surface area (Å²) in [6, 6.07) is 0. The second-order valence-electron chi connectivity index (χ2n) is 5.40. The summed E-state index contributed by atoms with van der Waals surface area (Å²) in [7, 11) is 0. The van der Waals surface area contributed by atoms with Crippen LogP contribution in [0.3, 0.4) is 0 Å². The van der Waals surface area contributed by atoms with Crippen molar-refractivity contribution in [1.29, 1.82) is 0 Å². The number of nitrogens with zero attached hydrogens (tertiary/aromatic N) is 1. The number of rotatable bonds is 7. The van der Waals surface area contributed by atoms with Crippen molar-refractivity contribution in [3.05, 3.63) is 5.56 Å². The molecular formula is C13H23N3S. The van der Waals surface area contributed by atoms with E-state index in [1.54, 1.807) is 0 Å². The van der Waals surface area contributed by atoms with Gasteiger partial charge in [-0.3, -0.25) is 0 Å². The predicted octanol–water partition coefficient (Wildman–Crippen LogP) is 3.84. The SMILES string of the molecule is CC(C)CCCCNc1snc(N)c1C1CC1. The molecule has 1 aromatic rings. The van der Waals surface area contributed by atoms with Gasteiger partial charge in [0.05, 0.1) is 0 Å². The molecule has 1 aromatic heterocycles. The lowest BCUT2D eigenvalue weighted by atomic mass is 10.1.